The van der Waals surface area contributed by atoms with Gasteiger partial charge in [0.2, 0.25) is 15.8 Å². The van der Waals surface area contributed by atoms with Crippen molar-refractivity contribution in [3.05, 3.63) is 63.7 Å². The zero-order valence-electron chi connectivity index (χ0n) is 16.1. The van der Waals surface area contributed by atoms with Gasteiger partial charge in [0, 0.05) is 24.7 Å². The number of carbonyl (C=O) groups is 1. The lowest BCUT2D eigenvalue weighted by Crippen LogP contribution is -2.27. The quantitative estimate of drug-likeness (QED) is 0.308. The van der Waals surface area contributed by atoms with Crippen LogP contribution in [0, 0.1) is 10.1 Å². The lowest BCUT2D eigenvalue weighted by Gasteiger charge is -2.15. The summed E-state index contributed by atoms with van der Waals surface area (Å²) in [5, 5.41) is 20.9. The number of hydrogen-bond donors (Lipinski definition) is 1. The van der Waals surface area contributed by atoms with Crippen molar-refractivity contribution < 1.29 is 28.0 Å². The molecule has 1 fully saturated rings. The van der Waals surface area contributed by atoms with Crippen LogP contribution < -0.4 is 4.74 Å². The molecule has 158 valence electrons. The molecule has 0 amide bonds. The highest BCUT2D eigenvalue weighted by atomic mass is 32.2. The van der Waals surface area contributed by atoms with Crippen LogP contribution in [-0.2, 0) is 10.0 Å². The van der Waals surface area contributed by atoms with Gasteiger partial charge < -0.3 is 9.84 Å². The molecular formula is C20H20N2O7S. The summed E-state index contributed by atoms with van der Waals surface area (Å²) in [5.74, 6) is -1.09. The second kappa shape index (κ2) is 8.64. The average molecular weight is 432 g/mol. The van der Waals surface area contributed by atoms with Crippen molar-refractivity contribution in [2.45, 2.75) is 17.7 Å². The van der Waals surface area contributed by atoms with E-state index in [1.165, 1.54) is 53.9 Å². The summed E-state index contributed by atoms with van der Waals surface area (Å²) in [6.07, 6.45) is 4.23. The number of methoxy groups -OCH3 is 1. The summed E-state index contributed by atoms with van der Waals surface area (Å²) in [6, 6.07) is 8.11. The van der Waals surface area contributed by atoms with Gasteiger partial charge in [-0.05, 0) is 54.8 Å². The number of sulfonamides is 1. The summed E-state index contributed by atoms with van der Waals surface area (Å²) < 4.78 is 31.4. The van der Waals surface area contributed by atoms with Gasteiger partial charge in [0.05, 0.1) is 16.9 Å². The molecule has 1 aliphatic rings. The fraction of sp³-hybridized carbons (Fsp3) is 0.250. The SMILES string of the molecule is COc1cc(/C=C/C(=O)c2ccc(S(=O)(=O)N3CCCC3)cc2)cc([N+](=O)[O-])c1O. The molecule has 0 saturated carbocycles. The number of rotatable bonds is 7. The molecule has 2 aromatic carbocycles. The van der Waals surface area contributed by atoms with Crippen LogP contribution >= 0.6 is 0 Å². The van der Waals surface area contributed by atoms with E-state index in [2.05, 4.69) is 0 Å². The molecule has 3 rings (SSSR count). The van der Waals surface area contributed by atoms with Crippen molar-refractivity contribution >= 4 is 27.6 Å². The Hall–Kier alpha value is -3.24. The molecular weight excluding hydrogens is 412 g/mol. The number of nitrogens with zero attached hydrogens (tertiary/aromatic N) is 2. The van der Waals surface area contributed by atoms with Crippen LogP contribution in [0.2, 0.25) is 0 Å². The lowest BCUT2D eigenvalue weighted by molar-refractivity contribution is -0.386. The predicted octanol–water partition coefficient (Wildman–Crippen LogP) is 2.99. The van der Waals surface area contributed by atoms with Crippen molar-refractivity contribution in [3.8, 4) is 11.5 Å². The molecule has 0 spiro atoms. The molecule has 1 N–H and O–H groups in total. The van der Waals surface area contributed by atoms with Crippen molar-refractivity contribution in [2.75, 3.05) is 20.2 Å². The number of phenolic OH excluding ortho intramolecular Hbond substituents is 1. The summed E-state index contributed by atoms with van der Waals surface area (Å²) in [5.41, 5.74) is 0.0164. The van der Waals surface area contributed by atoms with Gasteiger partial charge in [0.15, 0.2) is 11.5 Å². The Balaban J connectivity index is 1.80. The van der Waals surface area contributed by atoms with E-state index in [0.717, 1.165) is 18.9 Å². The van der Waals surface area contributed by atoms with Crippen molar-refractivity contribution in [2.24, 2.45) is 0 Å². The van der Waals surface area contributed by atoms with E-state index in [1.807, 2.05) is 0 Å². The smallest absolute Gasteiger partial charge is 0.315 e. The zero-order chi connectivity index (χ0) is 21.9. The highest BCUT2D eigenvalue weighted by Gasteiger charge is 2.27. The van der Waals surface area contributed by atoms with Gasteiger partial charge in [-0.25, -0.2) is 8.42 Å². The molecule has 1 aliphatic heterocycles. The number of phenols is 1. The molecule has 1 saturated heterocycles. The maximum atomic E-state index is 12.5. The Morgan fingerprint density at radius 3 is 2.40 bits per heavy atom. The number of carbonyl (C=O) groups excluding carboxylic acids is 1. The molecule has 9 nitrogen and oxygen atoms in total. The molecule has 0 unspecified atom stereocenters. The van der Waals surface area contributed by atoms with Crippen LogP contribution in [0.4, 0.5) is 5.69 Å². The third-order valence-electron chi connectivity index (χ3n) is 4.76. The normalized spacial score (nSPS) is 14.8. The largest absolute Gasteiger partial charge is 0.500 e. The Kier molecular flexibility index (Phi) is 6.18. The highest BCUT2D eigenvalue weighted by Crippen LogP contribution is 2.37. The molecule has 0 bridgehead atoms. The Morgan fingerprint density at radius 2 is 1.83 bits per heavy atom. The highest BCUT2D eigenvalue weighted by molar-refractivity contribution is 7.89. The molecule has 30 heavy (non-hydrogen) atoms. The number of benzene rings is 2. The molecule has 10 heteroatoms. The topological polar surface area (TPSA) is 127 Å². The second-order valence-corrected chi connectivity index (χ2v) is 8.62. The monoisotopic (exact) mass is 432 g/mol. The number of ether oxygens (including phenoxy) is 1. The van der Waals surface area contributed by atoms with Crippen molar-refractivity contribution in [1.82, 2.24) is 4.31 Å². The van der Waals surface area contributed by atoms with Gasteiger partial charge in [0.1, 0.15) is 0 Å². The number of ketones is 1. The first-order chi connectivity index (χ1) is 14.2. The minimum absolute atomic E-state index is 0.0900. The van der Waals surface area contributed by atoms with E-state index in [1.54, 1.807) is 0 Å². The van der Waals surface area contributed by atoms with E-state index in [4.69, 9.17) is 4.74 Å². The molecule has 0 radical (unpaired) electrons. The Morgan fingerprint density at radius 1 is 1.20 bits per heavy atom. The van der Waals surface area contributed by atoms with Gasteiger partial charge in [-0.15, -0.1) is 0 Å². The fourth-order valence-corrected chi connectivity index (χ4v) is 4.66. The minimum atomic E-state index is -3.56. The second-order valence-electron chi connectivity index (χ2n) is 6.68. The predicted molar refractivity (Wildman–Crippen MR) is 109 cm³/mol. The zero-order valence-corrected chi connectivity index (χ0v) is 17.0. The number of nitro benzene ring substituents is 1. The van der Waals surface area contributed by atoms with Crippen LogP contribution in [0.25, 0.3) is 6.08 Å². The maximum absolute atomic E-state index is 12.5. The van der Waals surface area contributed by atoms with Gasteiger partial charge in [-0.2, -0.15) is 4.31 Å². The van der Waals surface area contributed by atoms with Gasteiger partial charge in [0.25, 0.3) is 0 Å². The standard InChI is InChI=1S/C20H20N2O7S/c1-29-19-13-14(12-17(20(19)24)22(25)26)4-9-18(23)15-5-7-16(8-6-15)30(27,28)21-10-2-3-11-21/h4-9,12-13,24H,2-3,10-11H2,1H3/b9-4+. The number of aromatic hydroxyl groups is 1. The summed E-state index contributed by atoms with van der Waals surface area (Å²) in [7, 11) is -2.30. The number of hydrogen-bond acceptors (Lipinski definition) is 7. The fourth-order valence-electron chi connectivity index (χ4n) is 3.14. The van der Waals surface area contributed by atoms with Crippen LogP contribution in [-0.4, -0.2) is 48.7 Å². The summed E-state index contributed by atoms with van der Waals surface area (Å²) in [6.45, 7) is 0.988. The van der Waals surface area contributed by atoms with Crippen LogP contribution in [0.1, 0.15) is 28.8 Å². The third-order valence-corrected chi connectivity index (χ3v) is 6.68. The first-order valence-electron chi connectivity index (χ1n) is 9.12. The molecule has 2 aromatic rings. The average Bonchev–Trinajstić information content (AvgIpc) is 3.28. The minimum Gasteiger partial charge on any atom is -0.500 e. The van der Waals surface area contributed by atoms with Gasteiger partial charge >= 0.3 is 5.69 Å². The summed E-state index contributed by atoms with van der Waals surface area (Å²) in [4.78, 5) is 22.8. The van der Waals surface area contributed by atoms with E-state index < -0.39 is 32.2 Å². The van der Waals surface area contributed by atoms with Crippen LogP contribution in [0.15, 0.2) is 47.4 Å². The number of nitro groups is 1. The van der Waals surface area contributed by atoms with E-state index in [-0.39, 0.29) is 21.8 Å². The van der Waals surface area contributed by atoms with Crippen LogP contribution in [0.5, 0.6) is 11.5 Å². The van der Waals surface area contributed by atoms with Crippen molar-refractivity contribution in [1.29, 1.82) is 0 Å². The van der Waals surface area contributed by atoms with Crippen LogP contribution in [0.3, 0.4) is 0 Å². The molecule has 1 heterocycles. The molecule has 0 atom stereocenters. The van der Waals surface area contributed by atoms with E-state index in [0.29, 0.717) is 13.1 Å². The first-order valence-corrected chi connectivity index (χ1v) is 10.6. The maximum Gasteiger partial charge on any atom is 0.315 e. The van der Waals surface area contributed by atoms with Gasteiger partial charge in [-0.3, -0.25) is 14.9 Å². The first kappa shape index (κ1) is 21.5. The van der Waals surface area contributed by atoms with Gasteiger partial charge in [-0.1, -0.05) is 6.08 Å². The summed E-state index contributed by atoms with van der Waals surface area (Å²) >= 11 is 0. The lowest BCUT2D eigenvalue weighted by atomic mass is 10.1. The van der Waals surface area contributed by atoms with E-state index in [9.17, 15) is 28.4 Å². The van der Waals surface area contributed by atoms with Crippen molar-refractivity contribution in [3.63, 3.8) is 0 Å². The third kappa shape index (κ3) is 4.34. The Bertz CT molecular complexity index is 1100. The Labute approximate surface area is 173 Å². The molecule has 0 aliphatic carbocycles. The number of allylic oxidation sites excluding steroid dienone is 1. The molecule has 0 aromatic heterocycles. The van der Waals surface area contributed by atoms with E-state index >= 15 is 0 Å².